The van der Waals surface area contributed by atoms with Crippen LogP contribution in [0.4, 0.5) is 0 Å². The molecule has 0 aromatic heterocycles. The zero-order valence-electron chi connectivity index (χ0n) is 37.8. The molecule has 0 spiro atoms. The van der Waals surface area contributed by atoms with E-state index in [1.54, 1.807) is 24.3 Å². The van der Waals surface area contributed by atoms with Gasteiger partial charge in [0, 0.05) is 44.1 Å². The lowest BCUT2D eigenvalue weighted by molar-refractivity contribution is -0.257. The van der Waals surface area contributed by atoms with Crippen LogP contribution in [-0.2, 0) is 21.0 Å². The number of rotatable bonds is 24. The van der Waals surface area contributed by atoms with Crippen molar-refractivity contribution < 1.29 is 43.6 Å². The fourth-order valence-electron chi connectivity index (χ4n) is 10.9. The predicted octanol–water partition coefficient (Wildman–Crippen LogP) is 10.3. The van der Waals surface area contributed by atoms with Crippen molar-refractivity contribution in [1.82, 2.24) is 4.90 Å². The molecule has 1 aliphatic heterocycles. The number of aliphatic hydroxyl groups excluding tert-OH is 2. The van der Waals surface area contributed by atoms with Crippen molar-refractivity contribution in [2.24, 2.45) is 28.8 Å². The largest absolute Gasteiger partial charge is 0.496 e. The Balaban J connectivity index is 1.40. The second-order valence-corrected chi connectivity index (χ2v) is 17.9. The zero-order chi connectivity index (χ0) is 44.9. The summed E-state index contributed by atoms with van der Waals surface area (Å²) in [6, 6.07) is 20.5. The third-order valence-electron chi connectivity index (χ3n) is 13.9. The Kier molecular flexibility index (Phi) is 16.7. The van der Waals surface area contributed by atoms with E-state index >= 15 is 0 Å². The summed E-state index contributed by atoms with van der Waals surface area (Å²) in [5, 5.41) is 25.0. The molecule has 1 amide bonds. The summed E-state index contributed by atoms with van der Waals surface area (Å²) in [7, 11) is 1.53. The van der Waals surface area contributed by atoms with E-state index < -0.39 is 17.7 Å². The molecule has 2 saturated carbocycles. The number of fused-ring (bicyclic) bond motifs is 2. The molecule has 4 aliphatic rings. The highest BCUT2D eigenvalue weighted by molar-refractivity contribution is 6.03. The molecule has 0 bridgehead atoms. The summed E-state index contributed by atoms with van der Waals surface area (Å²) in [5.74, 6) is 1.04. The van der Waals surface area contributed by atoms with Gasteiger partial charge in [-0.15, -0.1) is 6.58 Å². The van der Waals surface area contributed by atoms with Crippen LogP contribution in [0.5, 0.6) is 23.0 Å². The van der Waals surface area contributed by atoms with Crippen molar-refractivity contribution in [3.8, 4) is 23.0 Å². The molecule has 0 radical (unpaired) electrons. The quantitative estimate of drug-likeness (QED) is 0.0390. The van der Waals surface area contributed by atoms with Gasteiger partial charge in [-0.3, -0.25) is 9.59 Å². The van der Waals surface area contributed by atoms with Crippen LogP contribution in [0.25, 0.3) is 0 Å². The van der Waals surface area contributed by atoms with E-state index in [2.05, 4.69) is 25.6 Å². The molecule has 3 aromatic carbocycles. The number of allylic oxidation sites excluding steroid dienone is 1. The van der Waals surface area contributed by atoms with Gasteiger partial charge in [0.1, 0.15) is 35.6 Å². The normalized spacial score (nSPS) is 24.2. The minimum absolute atomic E-state index is 0.0641. The second-order valence-electron chi connectivity index (χ2n) is 17.9. The summed E-state index contributed by atoms with van der Waals surface area (Å²) in [4.78, 5) is 35.1. The van der Waals surface area contributed by atoms with Gasteiger partial charge in [0.2, 0.25) is 11.7 Å². The SMILES string of the molecule is C=CCO[C@@]12Oc3ccc(Oc4ccc(OC)c(C=O)c4)cc3[C@H]3[C@H](CCCCO)[C@@H](CCCCO)C=C(C(=NOCc4ccccc4)C[C@@H]1N(CCC)C(=O)CCC1CCCC1)[C@H]32. The van der Waals surface area contributed by atoms with E-state index in [-0.39, 0.29) is 50.1 Å². The molecular weight excluding hydrogens is 809 g/mol. The maximum absolute atomic E-state index is 14.8. The summed E-state index contributed by atoms with van der Waals surface area (Å²) < 4.78 is 26.5. The van der Waals surface area contributed by atoms with E-state index in [1.807, 2.05) is 47.4 Å². The number of hydrogen-bond acceptors (Lipinski definition) is 10. The number of carbonyl (C=O) groups is 2. The van der Waals surface area contributed by atoms with E-state index in [0.29, 0.717) is 66.7 Å². The van der Waals surface area contributed by atoms with Crippen LogP contribution in [0.3, 0.4) is 0 Å². The molecule has 0 unspecified atom stereocenters. The van der Waals surface area contributed by atoms with Gasteiger partial charge >= 0.3 is 0 Å². The number of oxime groups is 1. The first-order chi connectivity index (χ1) is 31.4. The lowest BCUT2D eigenvalue weighted by Crippen LogP contribution is -2.70. The van der Waals surface area contributed by atoms with E-state index in [4.69, 9.17) is 28.9 Å². The minimum Gasteiger partial charge on any atom is -0.496 e. The highest BCUT2D eigenvalue weighted by atomic mass is 16.7. The monoisotopic (exact) mass is 876 g/mol. The Bertz CT molecular complexity index is 2080. The molecular formula is C53H68N2O9. The van der Waals surface area contributed by atoms with Gasteiger partial charge in [0.25, 0.3) is 0 Å². The van der Waals surface area contributed by atoms with Crippen molar-refractivity contribution in [2.75, 3.05) is 33.5 Å². The average molecular weight is 877 g/mol. The smallest absolute Gasteiger partial charge is 0.239 e. The molecule has 6 atom stereocenters. The standard InChI is InChI=1S/C53H68N2O9/c1-4-27-55(50(59)26-21-37-15-9-10-16-37)49-34-46(54-62-36-38-17-7-6-8-18-38)44-32-39(19-11-13-28-56)43(20-12-14-29-57)51-45-33-42(63-41-22-24-47(60-3)40(31-41)35-58)23-25-48(45)64-53(49,52(44)51)61-30-5-2/h5-8,17-18,22-25,31-33,35,37,39,43,49,51-52,56-57H,2,4,9-16,19-21,26-30,34,36H2,1,3H3/t39-,43+,49-,51+,52+,53+/m0/s1. The summed E-state index contributed by atoms with van der Waals surface area (Å²) in [5.41, 5.74) is 4.10. The fourth-order valence-corrected chi connectivity index (χ4v) is 10.9. The van der Waals surface area contributed by atoms with E-state index in [9.17, 15) is 19.8 Å². The van der Waals surface area contributed by atoms with E-state index in [1.165, 1.54) is 32.8 Å². The number of amides is 1. The second kappa shape index (κ2) is 22.8. The molecule has 11 nitrogen and oxygen atoms in total. The summed E-state index contributed by atoms with van der Waals surface area (Å²) >= 11 is 0. The highest BCUT2D eigenvalue weighted by Gasteiger charge is 2.65. The van der Waals surface area contributed by atoms with Crippen LogP contribution in [0.2, 0.25) is 0 Å². The summed E-state index contributed by atoms with van der Waals surface area (Å²) in [6.07, 6.45) is 16.7. The number of methoxy groups -OCH3 is 1. The van der Waals surface area contributed by atoms with Gasteiger partial charge in [-0.1, -0.05) is 93.1 Å². The van der Waals surface area contributed by atoms with Crippen LogP contribution in [0.1, 0.15) is 124 Å². The Labute approximate surface area is 379 Å². The molecule has 2 fully saturated rings. The van der Waals surface area contributed by atoms with Gasteiger partial charge < -0.3 is 38.9 Å². The van der Waals surface area contributed by atoms with Crippen molar-refractivity contribution >= 4 is 17.9 Å². The maximum atomic E-state index is 14.8. The van der Waals surface area contributed by atoms with Crippen LogP contribution in [0, 0.1) is 23.7 Å². The lowest BCUT2D eigenvalue weighted by Gasteiger charge is -2.60. The first-order valence-corrected chi connectivity index (χ1v) is 23.7. The number of ether oxygens (including phenoxy) is 4. The van der Waals surface area contributed by atoms with Gasteiger partial charge in [-0.25, -0.2) is 0 Å². The highest BCUT2D eigenvalue weighted by Crippen LogP contribution is 2.62. The first-order valence-electron chi connectivity index (χ1n) is 23.7. The van der Waals surface area contributed by atoms with Gasteiger partial charge in [-0.05, 0) is 104 Å². The Morgan fingerprint density at radius 2 is 1.72 bits per heavy atom. The third-order valence-corrected chi connectivity index (χ3v) is 13.9. The predicted molar refractivity (Wildman–Crippen MR) is 248 cm³/mol. The van der Waals surface area contributed by atoms with Crippen molar-refractivity contribution in [2.45, 2.75) is 121 Å². The number of aliphatic hydroxyl groups is 2. The molecule has 64 heavy (non-hydrogen) atoms. The Morgan fingerprint density at radius 1 is 0.969 bits per heavy atom. The average Bonchev–Trinajstić information content (AvgIpc) is 3.85. The van der Waals surface area contributed by atoms with Gasteiger partial charge in [-0.2, -0.15) is 0 Å². The number of unbranched alkanes of at least 4 members (excludes halogenated alkanes) is 2. The number of aldehydes is 1. The number of hydrogen-bond donors (Lipinski definition) is 2. The molecule has 11 heteroatoms. The Morgan fingerprint density at radius 3 is 2.44 bits per heavy atom. The Hall–Kier alpha value is -4.97. The fraction of sp³-hybridized carbons (Fsp3) is 0.528. The molecule has 3 aliphatic carbocycles. The van der Waals surface area contributed by atoms with Crippen molar-refractivity contribution in [3.05, 3.63) is 108 Å². The summed E-state index contributed by atoms with van der Waals surface area (Å²) in [6.45, 7) is 7.41. The topological polar surface area (TPSA) is 136 Å². The third kappa shape index (κ3) is 10.6. The molecule has 3 aromatic rings. The van der Waals surface area contributed by atoms with Crippen molar-refractivity contribution in [3.63, 3.8) is 0 Å². The van der Waals surface area contributed by atoms with Gasteiger partial charge in [0.05, 0.1) is 30.9 Å². The van der Waals surface area contributed by atoms with Crippen LogP contribution >= 0.6 is 0 Å². The lowest BCUT2D eigenvalue weighted by atomic mass is 9.55. The van der Waals surface area contributed by atoms with Gasteiger partial charge in [0.15, 0.2) is 6.29 Å². The van der Waals surface area contributed by atoms with E-state index in [0.717, 1.165) is 67.2 Å². The molecule has 344 valence electrons. The first kappa shape index (κ1) is 47.0. The molecule has 7 rings (SSSR count). The zero-order valence-corrected chi connectivity index (χ0v) is 37.8. The minimum atomic E-state index is -1.32. The number of carbonyl (C=O) groups excluding carboxylic acids is 2. The number of nitrogens with zero attached hydrogens (tertiary/aromatic N) is 2. The van der Waals surface area contributed by atoms with Crippen LogP contribution in [-0.4, -0.2) is 78.3 Å². The molecule has 2 N–H and O–H groups in total. The van der Waals surface area contributed by atoms with Crippen LogP contribution in [0.15, 0.2) is 96.2 Å². The number of benzene rings is 3. The maximum Gasteiger partial charge on any atom is 0.239 e. The van der Waals surface area contributed by atoms with Crippen LogP contribution < -0.4 is 14.2 Å². The van der Waals surface area contributed by atoms with Crippen molar-refractivity contribution in [1.29, 1.82) is 0 Å². The molecule has 0 saturated heterocycles. The molecule has 1 heterocycles.